The number of rotatable bonds is 5. The summed E-state index contributed by atoms with van der Waals surface area (Å²) in [6.45, 7) is 4.31. The van der Waals surface area contributed by atoms with Crippen molar-refractivity contribution in [3.8, 4) is 11.1 Å². The molecule has 4 rings (SSSR count). The highest BCUT2D eigenvalue weighted by Crippen LogP contribution is 2.31. The van der Waals surface area contributed by atoms with Gasteiger partial charge in [-0.15, -0.1) is 11.3 Å². The minimum absolute atomic E-state index is 0.109. The Morgan fingerprint density at radius 3 is 2.58 bits per heavy atom. The van der Waals surface area contributed by atoms with Gasteiger partial charge in [-0.3, -0.25) is 14.2 Å². The van der Waals surface area contributed by atoms with Crippen LogP contribution in [0, 0.1) is 19.7 Å². The van der Waals surface area contributed by atoms with Gasteiger partial charge >= 0.3 is 0 Å². The first-order valence-corrected chi connectivity index (χ1v) is 10.7. The minimum Gasteiger partial charge on any atom is -0.340 e. The first kappa shape index (κ1) is 20.9. The van der Waals surface area contributed by atoms with E-state index in [1.165, 1.54) is 44.8 Å². The molecule has 0 unspecified atom stereocenters. The van der Waals surface area contributed by atoms with Gasteiger partial charge in [-0.05, 0) is 48.2 Å². The van der Waals surface area contributed by atoms with Crippen LogP contribution < -0.4 is 5.56 Å². The molecule has 158 valence electrons. The maximum Gasteiger partial charge on any atom is 0.263 e. The molecule has 2 heterocycles. The van der Waals surface area contributed by atoms with Crippen LogP contribution in [0.2, 0.25) is 0 Å². The van der Waals surface area contributed by atoms with Crippen molar-refractivity contribution in [2.75, 3.05) is 7.05 Å². The largest absolute Gasteiger partial charge is 0.340 e. The monoisotopic (exact) mass is 435 g/mol. The van der Waals surface area contributed by atoms with Gasteiger partial charge in [0.05, 0.1) is 11.7 Å². The van der Waals surface area contributed by atoms with Crippen LogP contribution in [0.25, 0.3) is 21.3 Å². The number of carbonyl (C=O) groups is 1. The van der Waals surface area contributed by atoms with Crippen LogP contribution >= 0.6 is 11.3 Å². The van der Waals surface area contributed by atoms with Gasteiger partial charge in [0.25, 0.3) is 5.56 Å². The summed E-state index contributed by atoms with van der Waals surface area (Å²) in [5.74, 6) is -0.547. The minimum atomic E-state index is -0.320. The topological polar surface area (TPSA) is 55.2 Å². The summed E-state index contributed by atoms with van der Waals surface area (Å²) in [6.07, 6.45) is 1.43. The number of nitrogens with zero attached hydrogens (tertiary/aromatic N) is 3. The molecule has 0 radical (unpaired) electrons. The van der Waals surface area contributed by atoms with Gasteiger partial charge in [0.1, 0.15) is 17.2 Å². The molecule has 7 heteroatoms. The second-order valence-electron chi connectivity index (χ2n) is 7.68. The van der Waals surface area contributed by atoms with Crippen LogP contribution in [0.5, 0.6) is 0 Å². The molecule has 0 fully saturated rings. The first-order chi connectivity index (χ1) is 14.8. The van der Waals surface area contributed by atoms with E-state index < -0.39 is 0 Å². The number of benzene rings is 2. The third-order valence-electron chi connectivity index (χ3n) is 5.44. The van der Waals surface area contributed by atoms with E-state index in [-0.39, 0.29) is 23.8 Å². The van der Waals surface area contributed by atoms with E-state index in [9.17, 15) is 14.0 Å². The maximum atomic E-state index is 13.2. The lowest BCUT2D eigenvalue weighted by atomic mass is 10.0. The zero-order valence-corrected chi connectivity index (χ0v) is 18.4. The molecule has 2 aromatic carbocycles. The fourth-order valence-electron chi connectivity index (χ4n) is 3.42. The number of hydrogen-bond donors (Lipinski definition) is 0. The average Bonchev–Trinajstić information content (AvgIpc) is 3.18. The number of halogens is 1. The van der Waals surface area contributed by atoms with Gasteiger partial charge in [-0.2, -0.15) is 0 Å². The van der Waals surface area contributed by atoms with Gasteiger partial charge in [0, 0.05) is 24.5 Å². The summed E-state index contributed by atoms with van der Waals surface area (Å²) in [7, 11) is 1.66. The second kappa shape index (κ2) is 8.43. The molecule has 4 aromatic rings. The molecule has 1 amide bonds. The molecule has 0 aliphatic rings. The molecule has 0 atom stereocenters. The average molecular weight is 436 g/mol. The highest BCUT2D eigenvalue weighted by molar-refractivity contribution is 7.17. The van der Waals surface area contributed by atoms with Crippen molar-refractivity contribution in [2.45, 2.75) is 26.9 Å². The molecule has 2 aromatic heterocycles. The highest BCUT2D eigenvalue weighted by atomic mass is 32.1. The van der Waals surface area contributed by atoms with E-state index in [1.54, 1.807) is 19.2 Å². The Labute approximate surface area is 183 Å². The summed E-state index contributed by atoms with van der Waals surface area (Å²) in [4.78, 5) is 32.5. The molecule has 0 aliphatic carbocycles. The molecule has 0 saturated heterocycles. The molecule has 31 heavy (non-hydrogen) atoms. The zero-order valence-electron chi connectivity index (χ0n) is 17.6. The number of fused-ring (bicyclic) bond motifs is 1. The van der Waals surface area contributed by atoms with Crippen molar-refractivity contribution < 1.29 is 9.18 Å². The van der Waals surface area contributed by atoms with Crippen LogP contribution in [-0.2, 0) is 17.9 Å². The van der Waals surface area contributed by atoms with Crippen LogP contribution in [-0.4, -0.2) is 27.4 Å². The molecule has 0 saturated carbocycles. The third kappa shape index (κ3) is 4.27. The Morgan fingerprint density at radius 1 is 1.13 bits per heavy atom. The predicted octanol–water partition coefficient (Wildman–Crippen LogP) is 4.54. The Balaban J connectivity index is 1.61. The SMILES string of the molecule is Cc1ccc(-c2csc3ncn(CC(=O)N(C)Cc4ccc(F)cc4)c(=O)c23)cc1C. The van der Waals surface area contributed by atoms with E-state index in [0.717, 1.165) is 22.3 Å². The van der Waals surface area contributed by atoms with Gasteiger partial charge in [0.15, 0.2) is 0 Å². The third-order valence-corrected chi connectivity index (χ3v) is 6.33. The van der Waals surface area contributed by atoms with Crippen LogP contribution in [0.15, 0.2) is 59.0 Å². The summed E-state index contributed by atoms with van der Waals surface area (Å²) >= 11 is 1.42. The fourth-order valence-corrected chi connectivity index (χ4v) is 4.33. The van der Waals surface area contributed by atoms with Crippen LogP contribution in [0.3, 0.4) is 0 Å². The number of thiophene rings is 1. The number of aromatic nitrogens is 2. The van der Waals surface area contributed by atoms with Gasteiger partial charge in [-0.25, -0.2) is 9.37 Å². The van der Waals surface area contributed by atoms with E-state index in [0.29, 0.717) is 16.8 Å². The first-order valence-electron chi connectivity index (χ1n) is 9.86. The number of amides is 1. The predicted molar refractivity (Wildman–Crippen MR) is 122 cm³/mol. The van der Waals surface area contributed by atoms with E-state index >= 15 is 0 Å². The molecular formula is C24H22FN3O2S. The van der Waals surface area contributed by atoms with Gasteiger partial charge < -0.3 is 4.90 Å². The normalized spacial score (nSPS) is 11.1. The van der Waals surface area contributed by atoms with Gasteiger partial charge in [0.2, 0.25) is 5.91 Å². The number of aryl methyl sites for hydroxylation is 2. The summed E-state index contributed by atoms with van der Waals surface area (Å²) in [5.41, 5.74) is 4.72. The van der Waals surface area contributed by atoms with Crippen LogP contribution in [0.1, 0.15) is 16.7 Å². The van der Waals surface area contributed by atoms with E-state index in [4.69, 9.17) is 0 Å². The lowest BCUT2D eigenvalue weighted by molar-refractivity contribution is -0.131. The van der Waals surface area contributed by atoms with Crippen molar-refractivity contribution >= 4 is 27.5 Å². The second-order valence-corrected chi connectivity index (χ2v) is 8.54. The maximum absolute atomic E-state index is 13.2. The fraction of sp³-hybridized carbons (Fsp3) is 0.208. The van der Waals surface area contributed by atoms with E-state index in [1.807, 2.05) is 31.4 Å². The lowest BCUT2D eigenvalue weighted by Crippen LogP contribution is -2.33. The molecule has 0 aliphatic heterocycles. The Kier molecular flexibility index (Phi) is 5.69. The highest BCUT2D eigenvalue weighted by Gasteiger charge is 2.17. The van der Waals surface area contributed by atoms with Crippen molar-refractivity contribution in [1.29, 1.82) is 0 Å². The van der Waals surface area contributed by atoms with Gasteiger partial charge in [-0.1, -0.05) is 30.3 Å². The molecule has 0 spiro atoms. The molecule has 0 bridgehead atoms. The van der Waals surface area contributed by atoms with Crippen molar-refractivity contribution in [1.82, 2.24) is 14.5 Å². The molecule has 0 N–H and O–H groups in total. The number of likely N-dealkylation sites (N-methyl/N-ethyl adjacent to an activating group) is 1. The summed E-state index contributed by atoms with van der Waals surface area (Å²) < 4.78 is 14.4. The molecule has 5 nitrogen and oxygen atoms in total. The summed E-state index contributed by atoms with van der Waals surface area (Å²) in [5, 5.41) is 2.47. The summed E-state index contributed by atoms with van der Waals surface area (Å²) in [6, 6.07) is 12.1. The number of carbonyl (C=O) groups excluding carboxylic acids is 1. The van der Waals surface area contributed by atoms with E-state index in [2.05, 4.69) is 11.1 Å². The Hall–Kier alpha value is -3.32. The standard InChI is InChI=1S/C24H22FN3O2S/c1-15-4-7-18(10-16(15)2)20-13-31-23-22(20)24(30)28(14-26-23)12-21(29)27(3)11-17-5-8-19(25)9-6-17/h4-10,13-14H,11-12H2,1-3H3. The van der Waals surface area contributed by atoms with Crippen molar-refractivity contribution in [2.24, 2.45) is 0 Å². The zero-order chi connectivity index (χ0) is 22.1. The number of hydrogen-bond acceptors (Lipinski definition) is 4. The van der Waals surface area contributed by atoms with Crippen LogP contribution in [0.4, 0.5) is 4.39 Å². The van der Waals surface area contributed by atoms with Crippen molar-refractivity contribution in [3.63, 3.8) is 0 Å². The molecular weight excluding hydrogens is 413 g/mol. The quantitative estimate of drug-likeness (QED) is 0.463. The Morgan fingerprint density at radius 2 is 1.87 bits per heavy atom. The lowest BCUT2D eigenvalue weighted by Gasteiger charge is -2.18. The Bertz CT molecular complexity index is 1330. The smallest absolute Gasteiger partial charge is 0.263 e. The van der Waals surface area contributed by atoms with Crippen molar-refractivity contribution in [3.05, 3.63) is 87.0 Å².